The topological polar surface area (TPSA) is 66.5 Å². The average Bonchev–Trinajstić information content (AvgIpc) is 2.71. The first-order chi connectivity index (χ1) is 13.8. The van der Waals surface area contributed by atoms with Crippen molar-refractivity contribution < 1.29 is 17.6 Å². The van der Waals surface area contributed by atoms with E-state index in [1.165, 1.54) is 47.8 Å². The number of halogens is 1. The highest BCUT2D eigenvalue weighted by molar-refractivity contribution is 7.92. The lowest BCUT2D eigenvalue weighted by atomic mass is 10.2. The van der Waals surface area contributed by atoms with Crippen molar-refractivity contribution in [3.63, 3.8) is 0 Å². The van der Waals surface area contributed by atoms with Gasteiger partial charge in [-0.05, 0) is 60.5 Å². The minimum Gasteiger partial charge on any atom is -0.348 e. The Bertz CT molecular complexity index is 1150. The van der Waals surface area contributed by atoms with Crippen LogP contribution >= 0.6 is 0 Å². The molecule has 0 saturated carbocycles. The molecule has 0 radical (unpaired) electrons. The SMILES string of the molecule is Cc1cccc(N(C)S(=O)(=O)c2cccc(C(=O)NCc3cccc(F)c3)c2)c1. The van der Waals surface area contributed by atoms with E-state index in [0.717, 1.165) is 5.56 Å². The fourth-order valence-corrected chi connectivity index (χ4v) is 4.08. The Hall–Kier alpha value is -3.19. The lowest BCUT2D eigenvalue weighted by Crippen LogP contribution is -2.27. The van der Waals surface area contributed by atoms with Crippen LogP contribution in [0.15, 0.2) is 77.7 Å². The van der Waals surface area contributed by atoms with Crippen molar-refractivity contribution in [2.75, 3.05) is 11.4 Å². The summed E-state index contributed by atoms with van der Waals surface area (Å²) in [4.78, 5) is 12.5. The zero-order chi connectivity index (χ0) is 21.0. The lowest BCUT2D eigenvalue weighted by molar-refractivity contribution is 0.0950. The Morgan fingerprint density at radius 1 is 1.00 bits per heavy atom. The summed E-state index contributed by atoms with van der Waals surface area (Å²) in [5.74, 6) is -0.825. The normalized spacial score (nSPS) is 11.1. The molecule has 0 aliphatic heterocycles. The van der Waals surface area contributed by atoms with Gasteiger partial charge in [-0.1, -0.05) is 30.3 Å². The van der Waals surface area contributed by atoms with Crippen LogP contribution in [0.4, 0.5) is 10.1 Å². The van der Waals surface area contributed by atoms with E-state index in [4.69, 9.17) is 0 Å². The van der Waals surface area contributed by atoms with Crippen LogP contribution in [0.25, 0.3) is 0 Å². The van der Waals surface area contributed by atoms with Gasteiger partial charge in [-0.15, -0.1) is 0 Å². The molecule has 7 heteroatoms. The number of nitrogens with one attached hydrogen (secondary N) is 1. The van der Waals surface area contributed by atoms with Gasteiger partial charge in [0.05, 0.1) is 10.6 Å². The molecule has 0 fully saturated rings. The Morgan fingerprint density at radius 3 is 2.45 bits per heavy atom. The smallest absolute Gasteiger partial charge is 0.264 e. The summed E-state index contributed by atoms with van der Waals surface area (Å²) < 4.78 is 40.4. The monoisotopic (exact) mass is 412 g/mol. The molecule has 0 spiro atoms. The molecular weight excluding hydrogens is 391 g/mol. The molecule has 0 aromatic heterocycles. The fraction of sp³-hybridized carbons (Fsp3) is 0.136. The summed E-state index contributed by atoms with van der Waals surface area (Å²) in [6.07, 6.45) is 0. The van der Waals surface area contributed by atoms with Gasteiger partial charge in [0.15, 0.2) is 0 Å². The fourth-order valence-electron chi connectivity index (χ4n) is 2.85. The molecule has 0 aliphatic carbocycles. The summed E-state index contributed by atoms with van der Waals surface area (Å²) in [7, 11) is -2.36. The van der Waals surface area contributed by atoms with Crippen molar-refractivity contribution in [3.05, 3.63) is 95.3 Å². The maximum absolute atomic E-state index is 13.3. The summed E-state index contributed by atoms with van der Waals surface area (Å²) in [5, 5.41) is 2.68. The first-order valence-corrected chi connectivity index (χ1v) is 10.4. The van der Waals surface area contributed by atoms with Gasteiger partial charge >= 0.3 is 0 Å². The predicted molar refractivity (Wildman–Crippen MR) is 111 cm³/mol. The van der Waals surface area contributed by atoms with Crippen molar-refractivity contribution in [2.45, 2.75) is 18.4 Å². The number of rotatable bonds is 6. The van der Waals surface area contributed by atoms with Gasteiger partial charge in [0.25, 0.3) is 15.9 Å². The molecule has 0 bridgehead atoms. The van der Waals surface area contributed by atoms with E-state index in [-0.39, 0.29) is 22.8 Å². The van der Waals surface area contributed by atoms with Gasteiger partial charge in [0, 0.05) is 19.2 Å². The third-order valence-electron chi connectivity index (χ3n) is 4.46. The maximum atomic E-state index is 13.3. The summed E-state index contributed by atoms with van der Waals surface area (Å²) in [5.41, 5.74) is 2.29. The number of anilines is 1. The van der Waals surface area contributed by atoms with E-state index >= 15 is 0 Å². The third-order valence-corrected chi connectivity index (χ3v) is 6.24. The number of carbonyl (C=O) groups excluding carboxylic acids is 1. The number of hydrogen-bond acceptors (Lipinski definition) is 3. The minimum absolute atomic E-state index is 0.0138. The highest BCUT2D eigenvalue weighted by Gasteiger charge is 2.22. The molecule has 1 amide bonds. The molecule has 0 unspecified atom stereocenters. The van der Waals surface area contributed by atoms with Crippen LogP contribution in [0.3, 0.4) is 0 Å². The number of sulfonamides is 1. The molecule has 3 aromatic rings. The third kappa shape index (κ3) is 4.81. The molecule has 3 rings (SSSR count). The van der Waals surface area contributed by atoms with E-state index in [1.54, 1.807) is 30.3 Å². The minimum atomic E-state index is -3.83. The summed E-state index contributed by atoms with van der Waals surface area (Å²) in [6, 6.07) is 18.9. The zero-order valence-electron chi connectivity index (χ0n) is 16.1. The molecule has 0 saturated heterocycles. The quantitative estimate of drug-likeness (QED) is 0.668. The van der Waals surface area contributed by atoms with Gasteiger partial charge in [-0.3, -0.25) is 9.10 Å². The lowest BCUT2D eigenvalue weighted by Gasteiger charge is -2.20. The summed E-state index contributed by atoms with van der Waals surface area (Å²) in [6.45, 7) is 2.02. The van der Waals surface area contributed by atoms with Gasteiger partial charge in [-0.25, -0.2) is 12.8 Å². The van der Waals surface area contributed by atoms with Gasteiger partial charge in [0.2, 0.25) is 0 Å². The van der Waals surface area contributed by atoms with Crippen molar-refractivity contribution in [2.24, 2.45) is 0 Å². The second-order valence-corrected chi connectivity index (χ2v) is 8.62. The first kappa shape index (κ1) is 20.5. The van der Waals surface area contributed by atoms with Crippen LogP contribution in [-0.2, 0) is 16.6 Å². The van der Waals surface area contributed by atoms with E-state index in [2.05, 4.69) is 5.32 Å². The van der Waals surface area contributed by atoms with Gasteiger partial charge < -0.3 is 5.32 Å². The number of nitrogens with zero attached hydrogens (tertiary/aromatic N) is 1. The van der Waals surface area contributed by atoms with Crippen LogP contribution in [0.2, 0.25) is 0 Å². The number of amides is 1. The van der Waals surface area contributed by atoms with E-state index in [9.17, 15) is 17.6 Å². The summed E-state index contributed by atoms with van der Waals surface area (Å²) >= 11 is 0. The second kappa shape index (κ2) is 8.45. The van der Waals surface area contributed by atoms with Crippen molar-refractivity contribution in [1.29, 1.82) is 0 Å². The molecular formula is C22H21FN2O3S. The van der Waals surface area contributed by atoms with E-state index in [1.807, 2.05) is 13.0 Å². The van der Waals surface area contributed by atoms with Gasteiger partial charge in [-0.2, -0.15) is 0 Å². The molecule has 29 heavy (non-hydrogen) atoms. The average molecular weight is 412 g/mol. The molecule has 150 valence electrons. The van der Waals surface area contributed by atoms with E-state index < -0.39 is 15.9 Å². The molecule has 0 heterocycles. The Morgan fingerprint density at radius 2 is 1.72 bits per heavy atom. The molecule has 0 atom stereocenters. The molecule has 5 nitrogen and oxygen atoms in total. The van der Waals surface area contributed by atoms with Crippen LogP contribution in [0.5, 0.6) is 0 Å². The van der Waals surface area contributed by atoms with Crippen molar-refractivity contribution in [3.8, 4) is 0 Å². The Kier molecular flexibility index (Phi) is 5.98. The van der Waals surface area contributed by atoms with Gasteiger partial charge in [0.1, 0.15) is 5.82 Å². The first-order valence-electron chi connectivity index (χ1n) is 8.96. The standard InChI is InChI=1S/C22H21FN2O3S/c1-16-6-3-10-20(12-16)25(2)29(27,28)21-11-5-8-18(14-21)22(26)24-15-17-7-4-9-19(23)13-17/h3-14H,15H2,1-2H3,(H,24,26). The maximum Gasteiger partial charge on any atom is 0.264 e. The van der Waals surface area contributed by atoms with Crippen LogP contribution in [-0.4, -0.2) is 21.4 Å². The molecule has 0 aliphatic rings. The predicted octanol–water partition coefficient (Wildman–Crippen LogP) is 3.89. The van der Waals surface area contributed by atoms with E-state index in [0.29, 0.717) is 11.3 Å². The number of aryl methyl sites for hydroxylation is 1. The van der Waals surface area contributed by atoms with Crippen LogP contribution < -0.4 is 9.62 Å². The largest absolute Gasteiger partial charge is 0.348 e. The van der Waals surface area contributed by atoms with Crippen molar-refractivity contribution >= 4 is 21.6 Å². The van der Waals surface area contributed by atoms with Crippen molar-refractivity contribution in [1.82, 2.24) is 5.32 Å². The van der Waals surface area contributed by atoms with Crippen LogP contribution in [0.1, 0.15) is 21.5 Å². The number of carbonyl (C=O) groups is 1. The highest BCUT2D eigenvalue weighted by Crippen LogP contribution is 2.23. The van der Waals surface area contributed by atoms with Crippen LogP contribution in [0, 0.1) is 12.7 Å². The molecule has 3 aromatic carbocycles. The Labute approximate surface area is 169 Å². The number of benzene rings is 3. The molecule has 1 N–H and O–H groups in total. The highest BCUT2D eigenvalue weighted by atomic mass is 32.2. The zero-order valence-corrected chi connectivity index (χ0v) is 16.9. The Balaban J connectivity index is 1.79. The second-order valence-electron chi connectivity index (χ2n) is 6.65. The number of hydrogen-bond donors (Lipinski definition) is 1.